The average molecular weight is 234 g/mol. The Hall–Kier alpha value is -1.62. The van der Waals surface area contributed by atoms with Gasteiger partial charge in [-0.05, 0) is 26.0 Å². The van der Waals surface area contributed by atoms with Gasteiger partial charge in [-0.15, -0.1) is 0 Å². The van der Waals surface area contributed by atoms with Crippen LogP contribution < -0.4 is 5.32 Å². The Bertz CT molecular complexity index is 474. The molecule has 2 aromatic rings. The largest absolute Gasteiger partial charge is 0.465 e. The van der Waals surface area contributed by atoms with E-state index in [4.69, 9.17) is 4.42 Å². The number of nitrogens with one attached hydrogen (secondary N) is 1. The van der Waals surface area contributed by atoms with Gasteiger partial charge in [-0.1, -0.05) is 0 Å². The number of rotatable bonds is 5. The molecule has 2 rings (SSSR count). The van der Waals surface area contributed by atoms with Gasteiger partial charge >= 0.3 is 0 Å². The molecule has 0 aromatic carbocycles. The van der Waals surface area contributed by atoms with Gasteiger partial charge in [0.1, 0.15) is 17.8 Å². The van der Waals surface area contributed by atoms with Crippen LogP contribution in [0.15, 0.2) is 22.9 Å². The van der Waals surface area contributed by atoms with E-state index in [0.29, 0.717) is 0 Å². The van der Waals surface area contributed by atoms with Crippen LogP contribution in [0.2, 0.25) is 0 Å². The minimum absolute atomic E-state index is 0.215. The molecule has 0 bridgehead atoms. The van der Waals surface area contributed by atoms with Gasteiger partial charge in [-0.3, -0.25) is 4.68 Å². The van der Waals surface area contributed by atoms with Crippen molar-refractivity contribution in [2.45, 2.75) is 26.3 Å². The molecule has 1 atom stereocenters. The molecule has 0 aliphatic rings. The number of nitrogens with zero attached hydrogens (tertiary/aromatic N) is 3. The Labute approximate surface area is 101 Å². The summed E-state index contributed by atoms with van der Waals surface area (Å²) >= 11 is 0. The Balaban J connectivity index is 1.78. The Morgan fingerprint density at radius 3 is 2.88 bits per heavy atom. The van der Waals surface area contributed by atoms with Gasteiger partial charge in [-0.2, -0.15) is 5.10 Å². The van der Waals surface area contributed by atoms with E-state index in [-0.39, 0.29) is 6.04 Å². The first-order chi connectivity index (χ1) is 8.15. The highest BCUT2D eigenvalue weighted by atomic mass is 16.3. The summed E-state index contributed by atoms with van der Waals surface area (Å²) in [5.74, 6) is 2.78. The van der Waals surface area contributed by atoms with Crippen molar-refractivity contribution in [1.82, 2.24) is 20.1 Å². The van der Waals surface area contributed by atoms with Gasteiger partial charge in [-0.25, -0.2) is 4.98 Å². The third kappa shape index (κ3) is 3.17. The van der Waals surface area contributed by atoms with Crippen LogP contribution in [0.5, 0.6) is 0 Å². The molecule has 2 aromatic heterocycles. The van der Waals surface area contributed by atoms with Crippen LogP contribution in [-0.2, 0) is 13.5 Å². The van der Waals surface area contributed by atoms with Crippen molar-refractivity contribution < 1.29 is 4.42 Å². The molecule has 0 spiro atoms. The average Bonchev–Trinajstić information content (AvgIpc) is 2.88. The molecule has 0 aliphatic carbocycles. The van der Waals surface area contributed by atoms with E-state index >= 15 is 0 Å². The van der Waals surface area contributed by atoms with Crippen LogP contribution in [0, 0.1) is 6.92 Å². The lowest BCUT2D eigenvalue weighted by Gasteiger charge is -2.09. The highest BCUT2D eigenvalue weighted by Gasteiger charge is 2.08. The van der Waals surface area contributed by atoms with Gasteiger partial charge in [0, 0.05) is 20.0 Å². The first-order valence-corrected chi connectivity index (χ1v) is 5.79. The van der Waals surface area contributed by atoms with Gasteiger partial charge in [0.05, 0.1) is 6.04 Å². The maximum atomic E-state index is 5.55. The summed E-state index contributed by atoms with van der Waals surface area (Å²) in [6, 6.07) is 4.20. The van der Waals surface area contributed by atoms with Crippen LogP contribution in [-0.4, -0.2) is 21.3 Å². The Kier molecular flexibility index (Phi) is 3.58. The molecule has 0 saturated carbocycles. The first-order valence-electron chi connectivity index (χ1n) is 5.79. The van der Waals surface area contributed by atoms with Crippen molar-refractivity contribution in [3.63, 3.8) is 0 Å². The summed E-state index contributed by atoms with van der Waals surface area (Å²) in [5.41, 5.74) is 0. The smallest absolute Gasteiger partial charge is 0.151 e. The lowest BCUT2D eigenvalue weighted by atomic mass is 10.2. The van der Waals surface area contributed by atoms with E-state index in [2.05, 4.69) is 22.3 Å². The van der Waals surface area contributed by atoms with Crippen molar-refractivity contribution >= 4 is 0 Å². The van der Waals surface area contributed by atoms with Crippen LogP contribution in [0.25, 0.3) is 0 Å². The lowest BCUT2D eigenvalue weighted by molar-refractivity contribution is 0.417. The standard InChI is InChI=1S/C12H18N4O/c1-9-4-5-11(17-9)10(2)13-7-6-12-14-8-16(3)15-12/h4-5,8,10,13H,6-7H2,1-3H3. The summed E-state index contributed by atoms with van der Waals surface area (Å²) in [6.07, 6.45) is 2.54. The second kappa shape index (κ2) is 5.14. The summed E-state index contributed by atoms with van der Waals surface area (Å²) in [4.78, 5) is 4.18. The molecule has 92 valence electrons. The van der Waals surface area contributed by atoms with E-state index < -0.39 is 0 Å². The van der Waals surface area contributed by atoms with E-state index in [1.165, 1.54) is 0 Å². The quantitative estimate of drug-likeness (QED) is 0.854. The Morgan fingerprint density at radius 1 is 1.47 bits per heavy atom. The first kappa shape index (κ1) is 11.9. The van der Waals surface area contributed by atoms with Crippen molar-refractivity contribution in [1.29, 1.82) is 0 Å². The number of aryl methyl sites for hydroxylation is 2. The van der Waals surface area contributed by atoms with E-state index in [1.807, 2.05) is 26.1 Å². The fourth-order valence-corrected chi connectivity index (χ4v) is 1.69. The third-order valence-corrected chi connectivity index (χ3v) is 2.63. The molecular formula is C12H18N4O. The molecule has 0 amide bonds. The second-order valence-corrected chi connectivity index (χ2v) is 4.21. The SMILES string of the molecule is Cc1ccc(C(C)NCCc2ncn(C)n2)o1. The van der Waals surface area contributed by atoms with Crippen molar-refractivity contribution in [2.75, 3.05) is 6.54 Å². The fraction of sp³-hybridized carbons (Fsp3) is 0.500. The zero-order chi connectivity index (χ0) is 12.3. The van der Waals surface area contributed by atoms with Crippen molar-refractivity contribution in [3.05, 3.63) is 35.8 Å². The van der Waals surface area contributed by atoms with Crippen molar-refractivity contribution in [3.8, 4) is 0 Å². The molecule has 1 unspecified atom stereocenters. The minimum atomic E-state index is 0.215. The third-order valence-electron chi connectivity index (χ3n) is 2.63. The van der Waals surface area contributed by atoms with Gasteiger partial charge in [0.15, 0.2) is 5.82 Å². The minimum Gasteiger partial charge on any atom is -0.465 e. The highest BCUT2D eigenvalue weighted by Crippen LogP contribution is 2.15. The number of furan rings is 1. The van der Waals surface area contributed by atoms with Gasteiger partial charge in [0.2, 0.25) is 0 Å². The van der Waals surface area contributed by atoms with Crippen LogP contribution in [0.4, 0.5) is 0 Å². The molecule has 0 saturated heterocycles. The topological polar surface area (TPSA) is 55.9 Å². The number of hydrogen-bond acceptors (Lipinski definition) is 4. The molecular weight excluding hydrogens is 216 g/mol. The molecule has 2 heterocycles. The maximum absolute atomic E-state index is 5.55. The highest BCUT2D eigenvalue weighted by molar-refractivity contribution is 5.08. The van der Waals surface area contributed by atoms with Gasteiger partial charge in [0.25, 0.3) is 0 Å². The molecule has 5 heteroatoms. The molecule has 5 nitrogen and oxygen atoms in total. The zero-order valence-corrected chi connectivity index (χ0v) is 10.5. The predicted octanol–water partition coefficient (Wildman–Crippen LogP) is 1.61. The summed E-state index contributed by atoms with van der Waals surface area (Å²) in [5, 5.41) is 7.61. The van der Waals surface area contributed by atoms with E-state index in [1.54, 1.807) is 11.0 Å². The van der Waals surface area contributed by atoms with Gasteiger partial charge < -0.3 is 9.73 Å². The van der Waals surface area contributed by atoms with E-state index in [9.17, 15) is 0 Å². The summed E-state index contributed by atoms with van der Waals surface area (Å²) < 4.78 is 7.27. The lowest BCUT2D eigenvalue weighted by Crippen LogP contribution is -2.21. The molecule has 1 N–H and O–H groups in total. The van der Waals surface area contributed by atoms with Crippen LogP contribution in [0.3, 0.4) is 0 Å². The molecule has 0 radical (unpaired) electrons. The fourth-order valence-electron chi connectivity index (χ4n) is 1.69. The van der Waals surface area contributed by atoms with Crippen LogP contribution in [0.1, 0.15) is 30.3 Å². The summed E-state index contributed by atoms with van der Waals surface area (Å²) in [7, 11) is 1.87. The van der Waals surface area contributed by atoms with E-state index in [0.717, 1.165) is 30.3 Å². The second-order valence-electron chi connectivity index (χ2n) is 4.21. The molecule has 0 aliphatic heterocycles. The molecule has 0 fully saturated rings. The zero-order valence-electron chi connectivity index (χ0n) is 10.5. The Morgan fingerprint density at radius 2 is 2.29 bits per heavy atom. The normalized spacial score (nSPS) is 12.9. The number of aromatic nitrogens is 3. The molecule has 17 heavy (non-hydrogen) atoms. The van der Waals surface area contributed by atoms with Crippen LogP contribution >= 0.6 is 0 Å². The number of hydrogen-bond donors (Lipinski definition) is 1. The monoisotopic (exact) mass is 234 g/mol. The summed E-state index contributed by atoms with van der Waals surface area (Å²) in [6.45, 7) is 4.88. The van der Waals surface area contributed by atoms with Crippen molar-refractivity contribution in [2.24, 2.45) is 7.05 Å². The predicted molar refractivity (Wildman–Crippen MR) is 64.6 cm³/mol. The maximum Gasteiger partial charge on any atom is 0.151 e.